The van der Waals surface area contributed by atoms with Crippen molar-refractivity contribution in [2.45, 2.75) is 19.9 Å². The van der Waals surface area contributed by atoms with E-state index in [2.05, 4.69) is 90.5 Å². The van der Waals surface area contributed by atoms with E-state index in [0.717, 1.165) is 18.0 Å². The van der Waals surface area contributed by atoms with Gasteiger partial charge in [-0.15, -0.1) is 0 Å². The van der Waals surface area contributed by atoms with Gasteiger partial charge in [0, 0.05) is 27.8 Å². The Kier molecular flexibility index (Phi) is 4.73. The molecule has 0 N–H and O–H groups in total. The van der Waals surface area contributed by atoms with Crippen LogP contribution < -0.4 is 4.57 Å². The molecule has 4 aromatic rings. The third-order valence-electron chi connectivity index (χ3n) is 4.68. The molecule has 0 unspecified atom stereocenters. The lowest BCUT2D eigenvalue weighted by molar-refractivity contribution is -0.684. The Balaban J connectivity index is 2.16. The van der Waals surface area contributed by atoms with Crippen LogP contribution in [0.3, 0.4) is 0 Å². The zero-order valence-corrected chi connectivity index (χ0v) is 15.6. The molecule has 0 aliphatic heterocycles. The molecule has 26 heavy (non-hydrogen) atoms. The standard InChI is InChI=1S/C24H21ClN/c1-2-15-26-17-20-13-14-21(25)16-22(20)23(18-9-5-3-6-10-18)24(26)19-11-7-4-8-12-19/h3-14,16-17H,2,15H2,1H3/q+1. The topological polar surface area (TPSA) is 3.88 Å². The van der Waals surface area contributed by atoms with Crippen molar-refractivity contribution < 1.29 is 4.57 Å². The summed E-state index contributed by atoms with van der Waals surface area (Å²) in [4.78, 5) is 0. The van der Waals surface area contributed by atoms with Gasteiger partial charge in [0.1, 0.15) is 6.54 Å². The minimum Gasteiger partial charge on any atom is -0.197 e. The van der Waals surface area contributed by atoms with Crippen LogP contribution in [0.1, 0.15) is 13.3 Å². The largest absolute Gasteiger partial charge is 0.221 e. The first-order chi connectivity index (χ1) is 12.8. The van der Waals surface area contributed by atoms with Crippen LogP contribution in [0, 0.1) is 0 Å². The summed E-state index contributed by atoms with van der Waals surface area (Å²) in [5, 5.41) is 3.17. The summed E-state index contributed by atoms with van der Waals surface area (Å²) < 4.78 is 2.38. The fraction of sp³-hybridized carbons (Fsp3) is 0.125. The monoisotopic (exact) mass is 358 g/mol. The van der Waals surface area contributed by atoms with Crippen molar-refractivity contribution >= 4 is 22.4 Å². The minimum absolute atomic E-state index is 0.766. The number of aromatic nitrogens is 1. The van der Waals surface area contributed by atoms with Crippen molar-refractivity contribution in [2.75, 3.05) is 0 Å². The van der Waals surface area contributed by atoms with Gasteiger partial charge in [-0.05, 0) is 35.9 Å². The maximum atomic E-state index is 6.37. The summed E-state index contributed by atoms with van der Waals surface area (Å²) in [6.45, 7) is 3.19. The number of pyridine rings is 1. The van der Waals surface area contributed by atoms with Crippen LogP contribution in [-0.2, 0) is 6.54 Å². The predicted octanol–water partition coefficient (Wildman–Crippen LogP) is 6.52. The van der Waals surface area contributed by atoms with E-state index in [1.54, 1.807) is 0 Å². The maximum Gasteiger partial charge on any atom is 0.221 e. The van der Waals surface area contributed by atoms with Gasteiger partial charge in [-0.1, -0.05) is 67.1 Å². The van der Waals surface area contributed by atoms with Gasteiger partial charge in [0.05, 0.1) is 5.56 Å². The summed E-state index contributed by atoms with van der Waals surface area (Å²) in [6, 6.07) is 27.4. The van der Waals surface area contributed by atoms with Crippen LogP contribution in [0.2, 0.25) is 5.02 Å². The second-order valence-corrected chi connectivity index (χ2v) is 6.95. The normalized spacial score (nSPS) is 11.0. The van der Waals surface area contributed by atoms with Crippen molar-refractivity contribution in [3.63, 3.8) is 0 Å². The molecule has 0 saturated carbocycles. The molecule has 0 atom stereocenters. The van der Waals surface area contributed by atoms with E-state index in [1.165, 1.54) is 33.2 Å². The molecular weight excluding hydrogens is 338 g/mol. The summed E-state index contributed by atoms with van der Waals surface area (Å²) in [7, 11) is 0. The molecule has 0 amide bonds. The van der Waals surface area contributed by atoms with E-state index in [-0.39, 0.29) is 0 Å². The third kappa shape index (κ3) is 3.11. The van der Waals surface area contributed by atoms with Gasteiger partial charge >= 0.3 is 0 Å². The van der Waals surface area contributed by atoms with E-state index in [4.69, 9.17) is 11.6 Å². The molecule has 0 saturated heterocycles. The lowest BCUT2D eigenvalue weighted by Crippen LogP contribution is -2.36. The summed E-state index contributed by atoms with van der Waals surface area (Å²) in [5.41, 5.74) is 4.92. The van der Waals surface area contributed by atoms with Gasteiger partial charge < -0.3 is 0 Å². The van der Waals surface area contributed by atoms with Crippen LogP contribution in [0.4, 0.5) is 0 Å². The van der Waals surface area contributed by atoms with Crippen LogP contribution in [-0.4, -0.2) is 0 Å². The zero-order chi connectivity index (χ0) is 17.9. The highest BCUT2D eigenvalue weighted by Gasteiger charge is 2.23. The molecule has 128 valence electrons. The molecule has 1 aromatic heterocycles. The Morgan fingerprint density at radius 3 is 2.12 bits per heavy atom. The molecule has 4 rings (SSSR count). The molecule has 1 heterocycles. The number of hydrogen-bond acceptors (Lipinski definition) is 0. The highest BCUT2D eigenvalue weighted by molar-refractivity contribution is 6.31. The molecule has 0 bridgehead atoms. The fourth-order valence-corrected chi connectivity index (χ4v) is 3.75. The number of rotatable bonds is 4. The Bertz CT molecular complexity index is 1040. The minimum atomic E-state index is 0.766. The van der Waals surface area contributed by atoms with E-state index in [0.29, 0.717) is 0 Å². The lowest BCUT2D eigenvalue weighted by atomic mass is 9.93. The fourth-order valence-electron chi connectivity index (χ4n) is 3.58. The van der Waals surface area contributed by atoms with E-state index in [9.17, 15) is 0 Å². The van der Waals surface area contributed by atoms with Gasteiger partial charge in [-0.3, -0.25) is 0 Å². The maximum absolute atomic E-state index is 6.37. The van der Waals surface area contributed by atoms with Gasteiger partial charge in [0.25, 0.3) is 0 Å². The van der Waals surface area contributed by atoms with Gasteiger partial charge in [0.2, 0.25) is 5.69 Å². The van der Waals surface area contributed by atoms with Crippen molar-refractivity contribution in [3.05, 3.63) is 90.1 Å². The number of hydrogen-bond donors (Lipinski definition) is 0. The van der Waals surface area contributed by atoms with E-state index in [1.807, 2.05) is 6.07 Å². The molecule has 0 fully saturated rings. The number of benzene rings is 3. The van der Waals surface area contributed by atoms with Crippen LogP contribution in [0.25, 0.3) is 33.2 Å². The molecule has 2 heteroatoms. The van der Waals surface area contributed by atoms with Crippen LogP contribution >= 0.6 is 11.6 Å². The molecule has 0 spiro atoms. The van der Waals surface area contributed by atoms with Gasteiger partial charge in [-0.2, -0.15) is 4.57 Å². The zero-order valence-electron chi connectivity index (χ0n) is 14.8. The molecular formula is C24H21ClN+. The first-order valence-electron chi connectivity index (χ1n) is 9.04. The number of fused-ring (bicyclic) bond motifs is 1. The van der Waals surface area contributed by atoms with Crippen molar-refractivity contribution in [3.8, 4) is 22.4 Å². The Labute approximate surface area is 159 Å². The summed E-state index contributed by atoms with van der Waals surface area (Å²) in [5.74, 6) is 0. The Morgan fingerprint density at radius 2 is 1.46 bits per heavy atom. The predicted molar refractivity (Wildman–Crippen MR) is 110 cm³/mol. The first-order valence-corrected chi connectivity index (χ1v) is 9.42. The number of nitrogens with zero attached hydrogens (tertiary/aromatic N) is 1. The molecule has 0 aliphatic rings. The van der Waals surface area contributed by atoms with Gasteiger partial charge in [-0.25, -0.2) is 0 Å². The van der Waals surface area contributed by atoms with Crippen LogP contribution in [0.15, 0.2) is 85.1 Å². The molecule has 3 aromatic carbocycles. The van der Waals surface area contributed by atoms with Crippen molar-refractivity contribution in [1.82, 2.24) is 0 Å². The first kappa shape index (κ1) is 16.8. The molecule has 0 radical (unpaired) electrons. The Hall–Kier alpha value is -2.64. The quantitative estimate of drug-likeness (QED) is 0.365. The third-order valence-corrected chi connectivity index (χ3v) is 4.91. The Morgan fingerprint density at radius 1 is 0.808 bits per heavy atom. The van der Waals surface area contributed by atoms with Gasteiger partial charge in [0.15, 0.2) is 6.20 Å². The average Bonchev–Trinajstić information content (AvgIpc) is 2.69. The van der Waals surface area contributed by atoms with E-state index < -0.39 is 0 Å². The second kappa shape index (κ2) is 7.31. The van der Waals surface area contributed by atoms with Crippen LogP contribution in [0.5, 0.6) is 0 Å². The van der Waals surface area contributed by atoms with Crippen molar-refractivity contribution in [2.24, 2.45) is 0 Å². The van der Waals surface area contributed by atoms with Crippen molar-refractivity contribution in [1.29, 1.82) is 0 Å². The summed E-state index contributed by atoms with van der Waals surface area (Å²) in [6.07, 6.45) is 3.34. The second-order valence-electron chi connectivity index (χ2n) is 6.51. The average molecular weight is 359 g/mol. The number of halogens is 1. The highest BCUT2D eigenvalue weighted by atomic mass is 35.5. The SMILES string of the molecule is CCC[n+]1cc2ccc(Cl)cc2c(-c2ccccc2)c1-c1ccccc1. The molecule has 0 aliphatic carbocycles. The summed E-state index contributed by atoms with van der Waals surface area (Å²) >= 11 is 6.37. The number of aryl methyl sites for hydroxylation is 1. The lowest BCUT2D eigenvalue weighted by Gasteiger charge is -2.14. The highest BCUT2D eigenvalue weighted by Crippen LogP contribution is 2.36. The van der Waals surface area contributed by atoms with E-state index >= 15 is 0 Å². The molecule has 1 nitrogen and oxygen atoms in total. The smallest absolute Gasteiger partial charge is 0.197 e.